The van der Waals surface area contributed by atoms with E-state index in [4.69, 9.17) is 37.0 Å². The van der Waals surface area contributed by atoms with E-state index in [-0.39, 0.29) is 25.7 Å². The Morgan fingerprint density at radius 2 is 0.469 bits per heavy atom. The number of esters is 4. The number of unbranched alkanes of at least 4 members (excludes halogenated alkanes) is 48. The number of phosphoric ester groups is 2. The number of aliphatic hydroxyl groups excluding tert-OH is 1. The fourth-order valence-corrected chi connectivity index (χ4v) is 13.8. The average molecular weight is 1440 g/mol. The molecule has 0 heterocycles. The predicted molar refractivity (Wildman–Crippen MR) is 400 cm³/mol. The largest absolute Gasteiger partial charge is 0.472 e. The van der Waals surface area contributed by atoms with Gasteiger partial charge < -0.3 is 33.8 Å². The van der Waals surface area contributed by atoms with Gasteiger partial charge in [-0.2, -0.15) is 0 Å². The Bertz CT molecular complexity index is 1890. The molecule has 582 valence electrons. The van der Waals surface area contributed by atoms with E-state index >= 15 is 0 Å². The van der Waals surface area contributed by atoms with E-state index in [9.17, 15) is 43.2 Å². The summed E-state index contributed by atoms with van der Waals surface area (Å²) in [6.07, 6.45) is 59.7. The van der Waals surface area contributed by atoms with Crippen LogP contribution in [0.15, 0.2) is 0 Å². The van der Waals surface area contributed by atoms with Crippen molar-refractivity contribution in [2.45, 2.75) is 432 Å². The molecule has 0 aromatic rings. The van der Waals surface area contributed by atoms with Gasteiger partial charge in [0.25, 0.3) is 0 Å². The molecule has 3 N–H and O–H groups in total. The number of hydrogen-bond acceptors (Lipinski definition) is 15. The van der Waals surface area contributed by atoms with Crippen LogP contribution < -0.4 is 0 Å². The topological polar surface area (TPSA) is 237 Å². The van der Waals surface area contributed by atoms with E-state index < -0.39 is 97.5 Å². The van der Waals surface area contributed by atoms with E-state index in [1.807, 2.05) is 0 Å². The quantitative estimate of drug-likeness (QED) is 0.0222. The fourth-order valence-electron chi connectivity index (χ4n) is 12.2. The molecule has 0 saturated heterocycles. The molecule has 19 heteroatoms. The maximum Gasteiger partial charge on any atom is 0.472 e. The van der Waals surface area contributed by atoms with Crippen LogP contribution in [0, 0.1) is 11.8 Å². The van der Waals surface area contributed by atoms with E-state index in [2.05, 4.69) is 41.5 Å². The molecule has 0 aliphatic rings. The molecule has 0 fully saturated rings. The highest BCUT2D eigenvalue weighted by Gasteiger charge is 2.30. The van der Waals surface area contributed by atoms with Crippen molar-refractivity contribution in [2.75, 3.05) is 39.6 Å². The lowest BCUT2D eigenvalue weighted by molar-refractivity contribution is -0.161. The first-order valence-electron chi connectivity index (χ1n) is 41.0. The Labute approximate surface area is 600 Å². The summed E-state index contributed by atoms with van der Waals surface area (Å²) in [6.45, 7) is 9.63. The van der Waals surface area contributed by atoms with E-state index in [1.54, 1.807) is 0 Å². The zero-order chi connectivity index (χ0) is 72.1. The Balaban J connectivity index is 5.20. The Hall–Kier alpha value is -1.94. The minimum absolute atomic E-state index is 0.106. The van der Waals surface area contributed by atoms with E-state index in [1.165, 1.54) is 231 Å². The first kappa shape index (κ1) is 96.1. The van der Waals surface area contributed by atoms with Gasteiger partial charge in [0.2, 0.25) is 0 Å². The number of carbonyl (C=O) groups is 4. The number of phosphoric acid groups is 2. The molecule has 2 unspecified atom stereocenters. The van der Waals surface area contributed by atoms with Crippen molar-refractivity contribution in [2.24, 2.45) is 11.8 Å². The van der Waals surface area contributed by atoms with Crippen LogP contribution in [0.2, 0.25) is 0 Å². The molecule has 0 bridgehead atoms. The molecule has 17 nitrogen and oxygen atoms in total. The summed E-state index contributed by atoms with van der Waals surface area (Å²) < 4.78 is 68.6. The number of aliphatic hydroxyl groups is 1. The van der Waals surface area contributed by atoms with Gasteiger partial charge in [-0.25, -0.2) is 9.13 Å². The SMILES string of the molecule is CCCCCCCCCCCCCCCCCC(=O)OC[C@H](COP(=O)(O)OC[C@@H](O)COP(=O)(O)OC[C@@H](COC(=O)CCCCCCCCCCC)OC(=O)CCCCCCCCCCCCC(C)C)OC(=O)CCCCCCCCCCCCCCCCCCCCC(C)C. The Kier molecular flexibility index (Phi) is 69.3. The van der Waals surface area contributed by atoms with Crippen LogP contribution in [-0.4, -0.2) is 96.7 Å². The highest BCUT2D eigenvalue weighted by atomic mass is 31.2. The third-order valence-corrected chi connectivity index (χ3v) is 20.4. The van der Waals surface area contributed by atoms with Crippen molar-refractivity contribution in [3.05, 3.63) is 0 Å². The molecule has 0 amide bonds. The molecule has 0 spiro atoms. The molecule has 0 radical (unpaired) electrons. The van der Waals surface area contributed by atoms with Crippen LogP contribution >= 0.6 is 15.6 Å². The molecule has 5 atom stereocenters. The molecule has 98 heavy (non-hydrogen) atoms. The highest BCUT2D eigenvalue weighted by molar-refractivity contribution is 7.47. The van der Waals surface area contributed by atoms with Gasteiger partial charge in [0.05, 0.1) is 26.4 Å². The van der Waals surface area contributed by atoms with Crippen LogP contribution in [0.25, 0.3) is 0 Å². The zero-order valence-corrected chi connectivity index (χ0v) is 65.9. The molecule has 0 aromatic carbocycles. The van der Waals surface area contributed by atoms with Gasteiger partial charge in [-0.15, -0.1) is 0 Å². The van der Waals surface area contributed by atoms with Gasteiger partial charge in [-0.05, 0) is 37.5 Å². The van der Waals surface area contributed by atoms with Crippen LogP contribution in [0.4, 0.5) is 0 Å². The summed E-state index contributed by atoms with van der Waals surface area (Å²) in [4.78, 5) is 72.9. The minimum atomic E-state index is -4.96. The normalized spacial score (nSPS) is 13.9. The van der Waals surface area contributed by atoms with Crippen LogP contribution in [0.1, 0.15) is 414 Å². The molecule has 0 aromatic heterocycles. The molecular weight excluding hydrogens is 1280 g/mol. The molecule has 0 aliphatic carbocycles. The first-order chi connectivity index (χ1) is 47.4. The standard InChI is InChI=1S/C79H154O17P2/c1-7-9-11-13-15-17-18-19-24-28-31-38-44-50-56-62-77(82)90-68-75(95-78(83)63-57-51-45-39-32-29-26-23-21-20-22-25-27-30-36-41-47-53-59-71(3)4)70-94-98(87,88)92-66-73(80)65-91-97(85,86)93-69-74(67-89-76(81)61-55-49-43-35-16-14-12-10-8-2)96-79(84)64-58-52-46-40-34-33-37-42-48-54-60-72(5)6/h71-75,80H,7-70H2,1-6H3,(H,85,86)(H,87,88)/t73-,74+,75+/m0/s1. The lowest BCUT2D eigenvalue weighted by Gasteiger charge is -2.21. The average Bonchev–Trinajstić information content (AvgIpc) is 1.06. The summed E-state index contributed by atoms with van der Waals surface area (Å²) in [7, 11) is -9.91. The molecule has 0 aliphatic heterocycles. The number of hydrogen-bond donors (Lipinski definition) is 3. The monoisotopic (exact) mass is 1440 g/mol. The molecule has 0 rings (SSSR count). The van der Waals surface area contributed by atoms with Crippen molar-refractivity contribution >= 4 is 39.5 Å². The van der Waals surface area contributed by atoms with E-state index in [0.29, 0.717) is 25.7 Å². The van der Waals surface area contributed by atoms with Crippen molar-refractivity contribution in [1.29, 1.82) is 0 Å². The van der Waals surface area contributed by atoms with Gasteiger partial charge >= 0.3 is 39.5 Å². The second-order valence-electron chi connectivity index (χ2n) is 29.4. The lowest BCUT2D eigenvalue weighted by Crippen LogP contribution is -2.30. The van der Waals surface area contributed by atoms with Crippen molar-refractivity contribution in [1.82, 2.24) is 0 Å². The third kappa shape index (κ3) is 72.4. The van der Waals surface area contributed by atoms with Gasteiger partial charge in [0.15, 0.2) is 12.2 Å². The minimum Gasteiger partial charge on any atom is -0.462 e. The molecular formula is C79H154O17P2. The number of ether oxygens (including phenoxy) is 4. The smallest absolute Gasteiger partial charge is 0.462 e. The first-order valence-corrected chi connectivity index (χ1v) is 44.0. The summed E-state index contributed by atoms with van der Waals surface area (Å²) >= 11 is 0. The van der Waals surface area contributed by atoms with Gasteiger partial charge in [-0.3, -0.25) is 37.3 Å². The number of carbonyl (C=O) groups excluding carboxylic acids is 4. The highest BCUT2D eigenvalue weighted by Crippen LogP contribution is 2.45. The third-order valence-electron chi connectivity index (χ3n) is 18.5. The van der Waals surface area contributed by atoms with Gasteiger partial charge in [0.1, 0.15) is 19.3 Å². The van der Waals surface area contributed by atoms with Crippen molar-refractivity contribution < 1.29 is 80.2 Å². The Morgan fingerprint density at radius 1 is 0.276 bits per heavy atom. The Morgan fingerprint density at radius 3 is 0.694 bits per heavy atom. The van der Waals surface area contributed by atoms with Crippen molar-refractivity contribution in [3.63, 3.8) is 0 Å². The maximum absolute atomic E-state index is 13.1. The van der Waals surface area contributed by atoms with E-state index in [0.717, 1.165) is 102 Å². The second kappa shape index (κ2) is 70.7. The lowest BCUT2D eigenvalue weighted by atomic mass is 10.0. The predicted octanol–water partition coefficient (Wildman–Crippen LogP) is 23.5. The second-order valence-corrected chi connectivity index (χ2v) is 32.3. The van der Waals surface area contributed by atoms with Crippen LogP contribution in [0.5, 0.6) is 0 Å². The summed E-state index contributed by atoms with van der Waals surface area (Å²) in [6, 6.07) is 0. The molecule has 0 saturated carbocycles. The maximum atomic E-state index is 13.1. The van der Waals surface area contributed by atoms with Crippen LogP contribution in [0.3, 0.4) is 0 Å². The zero-order valence-electron chi connectivity index (χ0n) is 64.1. The summed E-state index contributed by atoms with van der Waals surface area (Å²) in [5.74, 6) is -0.539. The van der Waals surface area contributed by atoms with Gasteiger partial charge in [0, 0.05) is 25.7 Å². The van der Waals surface area contributed by atoms with Crippen molar-refractivity contribution in [3.8, 4) is 0 Å². The van der Waals surface area contributed by atoms with Gasteiger partial charge in [-0.1, -0.05) is 363 Å². The summed E-state index contributed by atoms with van der Waals surface area (Å²) in [5.41, 5.74) is 0. The summed E-state index contributed by atoms with van der Waals surface area (Å²) in [5, 5.41) is 10.6. The number of rotatable bonds is 78. The fraction of sp³-hybridized carbons (Fsp3) is 0.949. The van der Waals surface area contributed by atoms with Crippen LogP contribution in [-0.2, 0) is 65.4 Å².